The number of nitrogens with zero attached hydrogens (tertiary/aromatic N) is 1. The predicted octanol–water partition coefficient (Wildman–Crippen LogP) is 3.66. The average molecular weight is 292 g/mol. The number of hydrogen-bond acceptors (Lipinski definition) is 3. The van der Waals surface area contributed by atoms with Gasteiger partial charge in [-0.15, -0.1) is 11.8 Å². The van der Waals surface area contributed by atoms with E-state index in [1.165, 1.54) is 18.2 Å². The van der Waals surface area contributed by atoms with Crippen LogP contribution in [0.5, 0.6) is 0 Å². The van der Waals surface area contributed by atoms with Crippen LogP contribution < -0.4 is 10.6 Å². The van der Waals surface area contributed by atoms with Crippen molar-refractivity contribution in [1.29, 1.82) is 0 Å². The van der Waals surface area contributed by atoms with E-state index in [0.717, 1.165) is 22.9 Å². The first-order valence-electron chi connectivity index (χ1n) is 6.35. The van der Waals surface area contributed by atoms with Crippen molar-refractivity contribution in [1.82, 2.24) is 0 Å². The van der Waals surface area contributed by atoms with Crippen LogP contribution in [-0.2, 0) is 6.54 Å². The van der Waals surface area contributed by atoms with Gasteiger partial charge in [0, 0.05) is 35.0 Å². The Bertz CT molecular complexity index is 626. The summed E-state index contributed by atoms with van der Waals surface area (Å²) in [5.74, 6) is -0.118. The number of rotatable bonds is 2. The van der Waals surface area contributed by atoms with Gasteiger partial charge in [-0.1, -0.05) is 6.07 Å². The molecule has 0 aromatic heterocycles. The fourth-order valence-electron chi connectivity index (χ4n) is 2.33. The summed E-state index contributed by atoms with van der Waals surface area (Å²) in [6.45, 7) is 0.991. The molecule has 0 amide bonds. The molecule has 2 N–H and O–H groups in total. The Hall–Kier alpha value is -1.75. The Balaban J connectivity index is 1.94. The van der Waals surface area contributed by atoms with E-state index >= 15 is 0 Å². The van der Waals surface area contributed by atoms with Gasteiger partial charge in [0.05, 0.1) is 5.69 Å². The number of thioether (sulfide) groups is 1. The predicted molar refractivity (Wildman–Crippen MR) is 79.0 cm³/mol. The molecule has 1 aliphatic heterocycles. The third-order valence-electron chi connectivity index (χ3n) is 3.35. The topological polar surface area (TPSA) is 29.3 Å². The molecule has 2 aromatic carbocycles. The molecule has 0 spiro atoms. The van der Waals surface area contributed by atoms with E-state index in [9.17, 15) is 8.78 Å². The molecule has 2 aromatic rings. The minimum atomic E-state index is -0.500. The van der Waals surface area contributed by atoms with Gasteiger partial charge in [-0.25, -0.2) is 8.78 Å². The van der Waals surface area contributed by atoms with Crippen LogP contribution in [0.15, 0.2) is 41.3 Å². The molecule has 0 saturated carbocycles. The van der Waals surface area contributed by atoms with Gasteiger partial charge in [-0.05, 0) is 30.3 Å². The van der Waals surface area contributed by atoms with Crippen molar-refractivity contribution in [3.8, 4) is 0 Å². The Morgan fingerprint density at radius 2 is 1.90 bits per heavy atom. The van der Waals surface area contributed by atoms with E-state index in [1.807, 2.05) is 23.1 Å². The highest BCUT2D eigenvalue weighted by atomic mass is 32.2. The number of hydrogen-bond donors (Lipinski definition) is 1. The first-order chi connectivity index (χ1) is 9.65. The fourth-order valence-corrected chi connectivity index (χ4v) is 3.43. The van der Waals surface area contributed by atoms with Crippen LogP contribution in [0.3, 0.4) is 0 Å². The Morgan fingerprint density at radius 1 is 1.15 bits per heavy atom. The summed E-state index contributed by atoms with van der Waals surface area (Å²) in [7, 11) is 0. The third-order valence-corrected chi connectivity index (χ3v) is 4.38. The molecule has 0 fully saturated rings. The number of fused-ring (bicyclic) bond motifs is 1. The highest BCUT2D eigenvalue weighted by molar-refractivity contribution is 7.99. The monoisotopic (exact) mass is 292 g/mol. The lowest BCUT2D eigenvalue weighted by atomic mass is 10.1. The van der Waals surface area contributed by atoms with Crippen molar-refractivity contribution in [2.45, 2.75) is 11.4 Å². The van der Waals surface area contributed by atoms with Crippen LogP contribution in [0, 0.1) is 11.6 Å². The van der Waals surface area contributed by atoms with Gasteiger partial charge in [0.25, 0.3) is 0 Å². The Morgan fingerprint density at radius 3 is 2.65 bits per heavy atom. The zero-order valence-electron chi connectivity index (χ0n) is 10.8. The minimum absolute atomic E-state index is 0.113. The molecule has 3 rings (SSSR count). The molecular weight excluding hydrogens is 278 g/mol. The minimum Gasteiger partial charge on any atom is -0.399 e. The summed E-state index contributed by atoms with van der Waals surface area (Å²) < 4.78 is 27.5. The van der Waals surface area contributed by atoms with Gasteiger partial charge < -0.3 is 10.6 Å². The first kappa shape index (κ1) is 13.2. The molecule has 0 atom stereocenters. The van der Waals surface area contributed by atoms with E-state index in [2.05, 4.69) is 0 Å². The van der Waals surface area contributed by atoms with Crippen molar-refractivity contribution in [2.75, 3.05) is 22.9 Å². The van der Waals surface area contributed by atoms with E-state index in [1.54, 1.807) is 11.8 Å². The molecule has 1 aliphatic rings. The summed E-state index contributed by atoms with van der Waals surface area (Å²) in [6.07, 6.45) is 0. The van der Waals surface area contributed by atoms with Crippen LogP contribution in [0.25, 0.3) is 0 Å². The van der Waals surface area contributed by atoms with Crippen molar-refractivity contribution >= 4 is 23.1 Å². The molecular formula is C15H14F2N2S. The molecule has 1 heterocycles. The van der Waals surface area contributed by atoms with E-state index < -0.39 is 11.6 Å². The van der Waals surface area contributed by atoms with E-state index in [-0.39, 0.29) is 12.1 Å². The number of benzene rings is 2. The zero-order chi connectivity index (χ0) is 14.1. The molecule has 5 heteroatoms. The fraction of sp³-hybridized carbons (Fsp3) is 0.200. The number of anilines is 2. The maximum atomic E-state index is 13.8. The van der Waals surface area contributed by atoms with Gasteiger partial charge in [0.2, 0.25) is 0 Å². The van der Waals surface area contributed by atoms with Crippen LogP contribution in [0.1, 0.15) is 5.56 Å². The Kier molecular flexibility index (Phi) is 3.53. The number of nitrogens with two attached hydrogens (primary N) is 1. The molecule has 104 valence electrons. The largest absolute Gasteiger partial charge is 0.399 e. The smallest absolute Gasteiger partial charge is 0.131 e. The SMILES string of the molecule is Nc1ccc2c(c1)SCCN2Cc1c(F)cccc1F. The number of halogens is 2. The second kappa shape index (κ2) is 5.32. The van der Waals surface area contributed by atoms with Gasteiger partial charge in [0.1, 0.15) is 11.6 Å². The highest BCUT2D eigenvalue weighted by Gasteiger charge is 2.20. The summed E-state index contributed by atoms with van der Waals surface area (Å²) >= 11 is 1.72. The third kappa shape index (κ3) is 2.45. The molecule has 0 saturated heterocycles. The van der Waals surface area contributed by atoms with Crippen LogP contribution in [-0.4, -0.2) is 12.3 Å². The summed E-state index contributed by atoms with van der Waals surface area (Å²) in [4.78, 5) is 3.06. The first-order valence-corrected chi connectivity index (χ1v) is 7.34. The van der Waals surface area contributed by atoms with Crippen LogP contribution >= 0.6 is 11.8 Å². The summed E-state index contributed by atoms with van der Waals surface area (Å²) in [5.41, 5.74) is 7.58. The van der Waals surface area contributed by atoms with Gasteiger partial charge in [-0.2, -0.15) is 0 Å². The summed E-state index contributed by atoms with van der Waals surface area (Å²) in [5, 5.41) is 0. The van der Waals surface area contributed by atoms with Crippen molar-refractivity contribution in [3.63, 3.8) is 0 Å². The van der Waals surface area contributed by atoms with E-state index in [0.29, 0.717) is 5.69 Å². The second-order valence-corrected chi connectivity index (χ2v) is 5.83. The average Bonchev–Trinajstić information content (AvgIpc) is 2.42. The number of nitrogen functional groups attached to an aromatic ring is 1. The maximum absolute atomic E-state index is 13.8. The zero-order valence-corrected chi connectivity index (χ0v) is 11.6. The van der Waals surface area contributed by atoms with Gasteiger partial charge in [-0.3, -0.25) is 0 Å². The van der Waals surface area contributed by atoms with Crippen molar-refractivity contribution in [3.05, 3.63) is 53.6 Å². The van der Waals surface area contributed by atoms with Crippen molar-refractivity contribution < 1.29 is 8.78 Å². The molecule has 0 unspecified atom stereocenters. The lowest BCUT2D eigenvalue weighted by Crippen LogP contribution is -2.29. The normalized spacial score (nSPS) is 14.2. The van der Waals surface area contributed by atoms with Gasteiger partial charge >= 0.3 is 0 Å². The quantitative estimate of drug-likeness (QED) is 0.857. The molecule has 0 radical (unpaired) electrons. The maximum Gasteiger partial charge on any atom is 0.131 e. The lowest BCUT2D eigenvalue weighted by Gasteiger charge is -2.31. The molecule has 2 nitrogen and oxygen atoms in total. The Labute approximate surface area is 120 Å². The molecule has 0 bridgehead atoms. The van der Waals surface area contributed by atoms with Crippen LogP contribution in [0.4, 0.5) is 20.2 Å². The van der Waals surface area contributed by atoms with Gasteiger partial charge in [0.15, 0.2) is 0 Å². The second-order valence-electron chi connectivity index (χ2n) is 4.70. The summed E-state index contributed by atoms with van der Waals surface area (Å²) in [6, 6.07) is 9.60. The standard InChI is InChI=1S/C15H14F2N2S/c16-12-2-1-3-13(17)11(12)9-19-6-7-20-15-8-10(18)4-5-14(15)19/h1-5,8H,6-7,9,18H2. The lowest BCUT2D eigenvalue weighted by molar-refractivity contribution is 0.550. The highest BCUT2D eigenvalue weighted by Crippen LogP contribution is 2.37. The molecule has 20 heavy (non-hydrogen) atoms. The van der Waals surface area contributed by atoms with Crippen LogP contribution in [0.2, 0.25) is 0 Å². The van der Waals surface area contributed by atoms with E-state index in [4.69, 9.17) is 5.73 Å². The van der Waals surface area contributed by atoms with Crippen molar-refractivity contribution in [2.24, 2.45) is 0 Å². The molecule has 0 aliphatic carbocycles.